The summed E-state index contributed by atoms with van der Waals surface area (Å²) in [4.78, 5) is 14.6. The number of amides is 1. The van der Waals surface area contributed by atoms with Gasteiger partial charge in [-0.1, -0.05) is 22.9 Å². The van der Waals surface area contributed by atoms with Crippen molar-refractivity contribution in [3.63, 3.8) is 0 Å². The van der Waals surface area contributed by atoms with Gasteiger partial charge in [-0.05, 0) is 100 Å². The summed E-state index contributed by atoms with van der Waals surface area (Å²) in [6.07, 6.45) is 2.82. The second-order valence-electron chi connectivity index (χ2n) is 9.18. The van der Waals surface area contributed by atoms with Crippen LogP contribution < -0.4 is 15.1 Å². The van der Waals surface area contributed by atoms with E-state index in [1.165, 1.54) is 11.3 Å². The second-order valence-corrected chi connectivity index (χ2v) is 10.1. The van der Waals surface area contributed by atoms with E-state index in [-0.39, 0.29) is 18.1 Å². The van der Waals surface area contributed by atoms with Crippen LogP contribution in [0.4, 0.5) is 5.69 Å². The summed E-state index contributed by atoms with van der Waals surface area (Å²) in [5, 5.41) is 4.16. The standard InChI is InChI=1S/C25H32BrN3O2/c1-16(2)29-23-11-17(3)19(12-22(23)18(4)13-25(29,5)6)14-27-28-24(30)15-31-21-9-7-20(26)8-10-21/h7-12,14,16,18H,13,15H2,1-6H3,(H,28,30)/b27-14+. The van der Waals surface area contributed by atoms with Gasteiger partial charge in [0, 0.05) is 21.7 Å². The van der Waals surface area contributed by atoms with E-state index < -0.39 is 0 Å². The zero-order valence-corrected chi connectivity index (χ0v) is 20.8. The molecule has 1 aliphatic heterocycles. The number of hydrogen-bond acceptors (Lipinski definition) is 4. The van der Waals surface area contributed by atoms with Gasteiger partial charge in [0.15, 0.2) is 6.61 Å². The largest absolute Gasteiger partial charge is 0.484 e. The lowest BCUT2D eigenvalue weighted by atomic mass is 9.78. The molecule has 0 radical (unpaired) electrons. The molecule has 2 aromatic rings. The normalized spacial score (nSPS) is 17.7. The number of hydrogen-bond donors (Lipinski definition) is 1. The van der Waals surface area contributed by atoms with Crippen molar-refractivity contribution in [2.75, 3.05) is 11.5 Å². The Morgan fingerprint density at radius 3 is 2.65 bits per heavy atom. The Hall–Kier alpha value is -2.34. The molecular weight excluding hydrogens is 454 g/mol. The fourth-order valence-electron chi connectivity index (χ4n) is 4.62. The molecule has 0 spiro atoms. The zero-order chi connectivity index (χ0) is 22.8. The molecule has 6 heteroatoms. The molecule has 1 amide bonds. The molecule has 1 aliphatic rings. The van der Waals surface area contributed by atoms with Gasteiger partial charge in [-0.15, -0.1) is 0 Å². The molecular formula is C25H32BrN3O2. The lowest BCUT2D eigenvalue weighted by Crippen LogP contribution is -2.51. The fourth-order valence-corrected chi connectivity index (χ4v) is 4.88. The highest BCUT2D eigenvalue weighted by Gasteiger charge is 2.37. The van der Waals surface area contributed by atoms with E-state index in [2.05, 4.69) is 85.0 Å². The topological polar surface area (TPSA) is 53.9 Å². The minimum Gasteiger partial charge on any atom is -0.484 e. The quantitative estimate of drug-likeness (QED) is 0.416. The Bertz CT molecular complexity index is 967. The third kappa shape index (κ3) is 5.48. The maximum absolute atomic E-state index is 12.1. The molecule has 1 atom stereocenters. The summed E-state index contributed by atoms with van der Waals surface area (Å²) >= 11 is 3.37. The van der Waals surface area contributed by atoms with Gasteiger partial charge >= 0.3 is 0 Å². The van der Waals surface area contributed by atoms with Crippen LogP contribution in [0.25, 0.3) is 0 Å². The van der Waals surface area contributed by atoms with Crippen LogP contribution in [0, 0.1) is 6.92 Å². The first-order chi connectivity index (χ1) is 14.6. The number of ether oxygens (including phenoxy) is 1. The van der Waals surface area contributed by atoms with Crippen molar-refractivity contribution in [3.05, 3.63) is 57.6 Å². The predicted molar refractivity (Wildman–Crippen MR) is 131 cm³/mol. The van der Waals surface area contributed by atoms with Crippen LogP contribution in [0.1, 0.15) is 63.6 Å². The van der Waals surface area contributed by atoms with Crippen molar-refractivity contribution >= 4 is 33.7 Å². The third-order valence-corrected chi connectivity index (χ3v) is 6.29. The van der Waals surface area contributed by atoms with Gasteiger partial charge in [-0.2, -0.15) is 5.10 Å². The zero-order valence-electron chi connectivity index (χ0n) is 19.2. The number of nitrogens with zero attached hydrogens (tertiary/aromatic N) is 2. The Kier molecular flexibility index (Phi) is 7.10. The molecule has 1 N–H and O–H groups in total. The van der Waals surface area contributed by atoms with Gasteiger partial charge in [-0.25, -0.2) is 5.43 Å². The van der Waals surface area contributed by atoms with Crippen molar-refractivity contribution in [1.82, 2.24) is 5.43 Å². The van der Waals surface area contributed by atoms with E-state index in [0.29, 0.717) is 17.7 Å². The van der Waals surface area contributed by atoms with Crippen molar-refractivity contribution in [3.8, 4) is 5.75 Å². The average molecular weight is 486 g/mol. The Morgan fingerprint density at radius 1 is 1.32 bits per heavy atom. The summed E-state index contributed by atoms with van der Waals surface area (Å²) in [6, 6.07) is 12.2. The minimum absolute atomic E-state index is 0.0857. The van der Waals surface area contributed by atoms with E-state index in [1.807, 2.05) is 12.1 Å². The number of anilines is 1. The van der Waals surface area contributed by atoms with Crippen LogP contribution in [0.5, 0.6) is 5.75 Å². The Labute approximate surface area is 194 Å². The summed E-state index contributed by atoms with van der Waals surface area (Å²) in [5.74, 6) is 0.803. The summed E-state index contributed by atoms with van der Waals surface area (Å²) in [5.41, 5.74) is 7.47. The number of carbonyl (C=O) groups excluding carboxylic acids is 1. The third-order valence-electron chi connectivity index (χ3n) is 5.76. The van der Waals surface area contributed by atoms with E-state index in [9.17, 15) is 4.79 Å². The highest BCUT2D eigenvalue weighted by molar-refractivity contribution is 9.10. The first kappa shape index (κ1) is 23.3. The van der Waals surface area contributed by atoms with Gasteiger partial charge in [0.2, 0.25) is 0 Å². The molecule has 5 nitrogen and oxygen atoms in total. The number of hydrazone groups is 1. The highest BCUT2D eigenvalue weighted by atomic mass is 79.9. The van der Waals surface area contributed by atoms with Crippen LogP contribution in [0.3, 0.4) is 0 Å². The SMILES string of the molecule is Cc1cc2c(cc1/C=N/NC(=O)COc1ccc(Br)cc1)C(C)CC(C)(C)N2C(C)C. The molecule has 0 saturated carbocycles. The molecule has 1 heterocycles. The molecule has 31 heavy (non-hydrogen) atoms. The number of nitrogens with one attached hydrogen (secondary N) is 1. The molecule has 0 aromatic heterocycles. The molecule has 2 aromatic carbocycles. The summed E-state index contributed by atoms with van der Waals surface area (Å²) < 4.78 is 6.44. The van der Waals surface area contributed by atoms with Crippen LogP contribution in [0.15, 0.2) is 46.0 Å². The lowest BCUT2D eigenvalue weighted by Gasteiger charge is -2.50. The van der Waals surface area contributed by atoms with Crippen molar-refractivity contribution in [2.24, 2.45) is 5.10 Å². The van der Waals surface area contributed by atoms with E-state index in [4.69, 9.17) is 4.74 Å². The van der Waals surface area contributed by atoms with Crippen LogP contribution in [-0.4, -0.2) is 30.3 Å². The van der Waals surface area contributed by atoms with Crippen molar-refractivity contribution in [2.45, 2.75) is 65.5 Å². The number of fused-ring (bicyclic) bond motifs is 1. The number of carbonyl (C=O) groups is 1. The van der Waals surface area contributed by atoms with Gasteiger partial charge in [0.25, 0.3) is 5.91 Å². The molecule has 0 saturated heterocycles. The van der Waals surface area contributed by atoms with Crippen LogP contribution in [-0.2, 0) is 4.79 Å². The van der Waals surface area contributed by atoms with Gasteiger partial charge in [-0.3, -0.25) is 4.79 Å². The van der Waals surface area contributed by atoms with Gasteiger partial charge in [0.05, 0.1) is 6.21 Å². The molecule has 3 rings (SSSR count). The number of rotatable bonds is 6. The highest BCUT2D eigenvalue weighted by Crippen LogP contribution is 2.45. The molecule has 1 unspecified atom stereocenters. The number of benzene rings is 2. The predicted octanol–water partition coefficient (Wildman–Crippen LogP) is 5.79. The van der Waals surface area contributed by atoms with Gasteiger partial charge < -0.3 is 9.64 Å². The smallest absolute Gasteiger partial charge is 0.277 e. The first-order valence-corrected chi connectivity index (χ1v) is 11.5. The van der Waals surface area contributed by atoms with E-state index in [1.54, 1.807) is 18.3 Å². The van der Waals surface area contributed by atoms with Crippen LogP contribution in [0.2, 0.25) is 0 Å². The minimum atomic E-state index is -0.295. The Morgan fingerprint density at radius 2 is 2.00 bits per heavy atom. The van der Waals surface area contributed by atoms with Crippen LogP contribution >= 0.6 is 15.9 Å². The van der Waals surface area contributed by atoms with E-state index in [0.717, 1.165) is 22.0 Å². The first-order valence-electron chi connectivity index (χ1n) is 10.7. The molecule has 166 valence electrons. The second kappa shape index (κ2) is 9.43. The van der Waals surface area contributed by atoms with Gasteiger partial charge in [0.1, 0.15) is 5.75 Å². The van der Waals surface area contributed by atoms with E-state index >= 15 is 0 Å². The van der Waals surface area contributed by atoms with Crippen molar-refractivity contribution < 1.29 is 9.53 Å². The monoisotopic (exact) mass is 485 g/mol. The molecule has 0 aliphatic carbocycles. The maximum Gasteiger partial charge on any atom is 0.277 e. The molecule has 0 fully saturated rings. The average Bonchev–Trinajstić information content (AvgIpc) is 2.67. The van der Waals surface area contributed by atoms with Crippen molar-refractivity contribution in [1.29, 1.82) is 0 Å². The number of halogens is 1. The summed E-state index contributed by atoms with van der Waals surface area (Å²) in [6.45, 7) is 13.4. The number of aryl methyl sites for hydroxylation is 1. The lowest BCUT2D eigenvalue weighted by molar-refractivity contribution is -0.123. The Balaban J connectivity index is 1.69. The fraction of sp³-hybridized carbons (Fsp3) is 0.440. The summed E-state index contributed by atoms with van der Waals surface area (Å²) in [7, 11) is 0. The maximum atomic E-state index is 12.1. The molecule has 0 bridgehead atoms.